The fourth-order valence-corrected chi connectivity index (χ4v) is 4.48. The number of hydrogen-bond acceptors (Lipinski definition) is 4. The second kappa shape index (κ2) is 7.45. The third-order valence-electron chi connectivity index (χ3n) is 3.66. The number of furan rings is 1. The van der Waals surface area contributed by atoms with E-state index in [1.807, 2.05) is 18.2 Å². The molecule has 0 radical (unpaired) electrons. The summed E-state index contributed by atoms with van der Waals surface area (Å²) in [5, 5.41) is 4.20. The standard InChI is InChI=1S/C15H15Cl2NO3S.ClH/c16-13-3-1-10(7-14(13)17)15-4-2-12(21-15)8-18-11-5-6-22(19,20)9-11;/h1-4,7,11,18H,5-6,8-9H2;1H. The second-order valence-corrected chi connectivity index (χ2v) is 8.42. The number of nitrogens with one attached hydrogen (secondary N) is 1. The molecule has 0 bridgehead atoms. The molecule has 1 aromatic carbocycles. The van der Waals surface area contributed by atoms with E-state index < -0.39 is 9.84 Å². The van der Waals surface area contributed by atoms with Gasteiger partial charge < -0.3 is 9.73 Å². The monoisotopic (exact) mass is 395 g/mol. The Balaban J connectivity index is 0.00000192. The third kappa shape index (κ3) is 4.64. The Kier molecular flexibility index (Phi) is 6.03. The average Bonchev–Trinajstić information content (AvgIpc) is 3.06. The second-order valence-electron chi connectivity index (χ2n) is 5.38. The maximum atomic E-state index is 11.4. The molecular formula is C15H16Cl3NO3S. The Morgan fingerprint density at radius 3 is 2.61 bits per heavy atom. The fraction of sp³-hybridized carbons (Fsp3) is 0.333. The molecule has 1 atom stereocenters. The van der Waals surface area contributed by atoms with E-state index in [-0.39, 0.29) is 30.0 Å². The third-order valence-corrected chi connectivity index (χ3v) is 6.17. The molecule has 1 unspecified atom stereocenters. The Labute approximate surface area is 151 Å². The first-order valence-corrected chi connectivity index (χ1v) is 9.49. The molecule has 23 heavy (non-hydrogen) atoms. The highest BCUT2D eigenvalue weighted by Gasteiger charge is 2.27. The van der Waals surface area contributed by atoms with Crippen LogP contribution in [0.2, 0.25) is 10.0 Å². The lowest BCUT2D eigenvalue weighted by molar-refractivity contribution is 0.464. The summed E-state index contributed by atoms with van der Waals surface area (Å²) in [5.74, 6) is 1.92. The van der Waals surface area contributed by atoms with Crippen molar-refractivity contribution in [3.8, 4) is 11.3 Å². The van der Waals surface area contributed by atoms with E-state index in [1.54, 1.807) is 12.1 Å². The molecule has 4 nitrogen and oxygen atoms in total. The minimum Gasteiger partial charge on any atom is -0.460 e. The van der Waals surface area contributed by atoms with Gasteiger partial charge in [-0.25, -0.2) is 8.42 Å². The van der Waals surface area contributed by atoms with Gasteiger partial charge in [-0.1, -0.05) is 23.2 Å². The Morgan fingerprint density at radius 1 is 1.17 bits per heavy atom. The molecule has 1 aliphatic rings. The van der Waals surface area contributed by atoms with Gasteiger partial charge >= 0.3 is 0 Å². The SMILES string of the molecule is Cl.O=S1(=O)CCC(NCc2ccc(-c3ccc(Cl)c(Cl)c3)o2)C1. The van der Waals surface area contributed by atoms with Gasteiger partial charge in [0.05, 0.1) is 28.1 Å². The van der Waals surface area contributed by atoms with Gasteiger partial charge in [-0.3, -0.25) is 0 Å². The summed E-state index contributed by atoms with van der Waals surface area (Å²) in [6, 6.07) is 9.06. The zero-order valence-electron chi connectivity index (χ0n) is 12.1. The molecular weight excluding hydrogens is 381 g/mol. The number of hydrogen-bond donors (Lipinski definition) is 1. The van der Waals surface area contributed by atoms with Crippen LogP contribution in [-0.2, 0) is 16.4 Å². The molecule has 2 heterocycles. The molecule has 0 spiro atoms. The Morgan fingerprint density at radius 2 is 1.96 bits per heavy atom. The van der Waals surface area contributed by atoms with Crippen LogP contribution in [0.1, 0.15) is 12.2 Å². The van der Waals surface area contributed by atoms with Gasteiger partial charge in [0.1, 0.15) is 11.5 Å². The van der Waals surface area contributed by atoms with Crippen molar-refractivity contribution in [3.63, 3.8) is 0 Å². The smallest absolute Gasteiger partial charge is 0.151 e. The van der Waals surface area contributed by atoms with Crippen molar-refractivity contribution in [2.24, 2.45) is 0 Å². The molecule has 1 fully saturated rings. The number of rotatable bonds is 4. The lowest BCUT2D eigenvalue weighted by Gasteiger charge is -2.08. The van der Waals surface area contributed by atoms with Crippen LogP contribution in [0.3, 0.4) is 0 Å². The van der Waals surface area contributed by atoms with Crippen molar-refractivity contribution in [2.75, 3.05) is 11.5 Å². The lowest BCUT2D eigenvalue weighted by atomic mass is 10.2. The maximum Gasteiger partial charge on any atom is 0.151 e. The van der Waals surface area contributed by atoms with Crippen LogP contribution < -0.4 is 5.32 Å². The molecule has 3 rings (SSSR count). The summed E-state index contributed by atoms with van der Waals surface area (Å²) >= 11 is 11.9. The van der Waals surface area contributed by atoms with Gasteiger partial charge in [-0.2, -0.15) is 0 Å². The van der Waals surface area contributed by atoms with Crippen LogP contribution in [0, 0.1) is 0 Å². The lowest BCUT2D eigenvalue weighted by Crippen LogP contribution is -2.29. The molecule has 126 valence electrons. The summed E-state index contributed by atoms with van der Waals surface area (Å²) in [7, 11) is -2.87. The Bertz CT molecular complexity index is 789. The van der Waals surface area contributed by atoms with E-state index in [2.05, 4.69) is 5.32 Å². The number of benzene rings is 1. The molecule has 0 aliphatic carbocycles. The molecule has 1 N–H and O–H groups in total. The largest absolute Gasteiger partial charge is 0.460 e. The molecule has 1 aliphatic heterocycles. The molecule has 0 amide bonds. The van der Waals surface area contributed by atoms with Crippen molar-refractivity contribution in [1.82, 2.24) is 5.32 Å². The average molecular weight is 397 g/mol. The first kappa shape index (κ1) is 18.6. The first-order valence-electron chi connectivity index (χ1n) is 6.91. The molecule has 2 aromatic rings. The van der Waals surface area contributed by atoms with Gasteiger partial charge in [0.25, 0.3) is 0 Å². The topological polar surface area (TPSA) is 59.3 Å². The summed E-state index contributed by atoms with van der Waals surface area (Å²) in [6.45, 7) is 0.501. The van der Waals surface area contributed by atoms with Crippen molar-refractivity contribution in [2.45, 2.75) is 19.0 Å². The van der Waals surface area contributed by atoms with Crippen LogP contribution in [0.5, 0.6) is 0 Å². The van der Waals surface area contributed by atoms with Gasteiger partial charge in [-0.15, -0.1) is 12.4 Å². The van der Waals surface area contributed by atoms with Crippen molar-refractivity contribution in [1.29, 1.82) is 0 Å². The number of halogens is 3. The molecule has 8 heteroatoms. The van der Waals surface area contributed by atoms with Crippen molar-refractivity contribution in [3.05, 3.63) is 46.1 Å². The van der Waals surface area contributed by atoms with E-state index in [1.165, 1.54) is 0 Å². The summed E-state index contributed by atoms with van der Waals surface area (Å²) in [6.07, 6.45) is 0.655. The zero-order valence-corrected chi connectivity index (χ0v) is 15.2. The van der Waals surface area contributed by atoms with Crippen LogP contribution >= 0.6 is 35.6 Å². The molecule has 0 saturated carbocycles. The maximum absolute atomic E-state index is 11.4. The van der Waals surface area contributed by atoms with Crippen molar-refractivity contribution < 1.29 is 12.8 Å². The summed E-state index contributed by atoms with van der Waals surface area (Å²) in [4.78, 5) is 0. The van der Waals surface area contributed by atoms with Crippen LogP contribution in [0.4, 0.5) is 0 Å². The highest BCUT2D eigenvalue weighted by Crippen LogP contribution is 2.29. The van der Waals surface area contributed by atoms with E-state index in [0.29, 0.717) is 28.8 Å². The van der Waals surface area contributed by atoms with E-state index in [0.717, 1.165) is 11.3 Å². The normalized spacial score (nSPS) is 19.5. The van der Waals surface area contributed by atoms with Gasteiger partial charge in [-0.05, 0) is 36.8 Å². The predicted octanol–water partition coefficient (Wildman–Crippen LogP) is 3.95. The fourth-order valence-electron chi connectivity index (χ4n) is 2.48. The predicted molar refractivity (Wildman–Crippen MR) is 95.3 cm³/mol. The van der Waals surface area contributed by atoms with E-state index in [4.69, 9.17) is 27.6 Å². The van der Waals surface area contributed by atoms with Crippen LogP contribution in [0.15, 0.2) is 34.7 Å². The quantitative estimate of drug-likeness (QED) is 0.850. The van der Waals surface area contributed by atoms with Crippen molar-refractivity contribution >= 4 is 45.4 Å². The van der Waals surface area contributed by atoms with Crippen LogP contribution in [0.25, 0.3) is 11.3 Å². The number of sulfone groups is 1. The summed E-state index contributed by atoms with van der Waals surface area (Å²) < 4.78 is 28.6. The van der Waals surface area contributed by atoms with Gasteiger partial charge in [0, 0.05) is 11.6 Å². The van der Waals surface area contributed by atoms with E-state index >= 15 is 0 Å². The summed E-state index contributed by atoms with van der Waals surface area (Å²) in [5.41, 5.74) is 0.851. The molecule has 1 saturated heterocycles. The van der Waals surface area contributed by atoms with Crippen LogP contribution in [-0.4, -0.2) is 26.0 Å². The van der Waals surface area contributed by atoms with Gasteiger partial charge in [0.2, 0.25) is 0 Å². The van der Waals surface area contributed by atoms with E-state index in [9.17, 15) is 8.42 Å². The molecule has 1 aromatic heterocycles. The highest BCUT2D eigenvalue weighted by atomic mass is 35.5. The highest BCUT2D eigenvalue weighted by molar-refractivity contribution is 7.91. The zero-order chi connectivity index (χ0) is 15.7. The minimum absolute atomic E-state index is 0. The Hall–Kier alpha value is -0.720. The van der Waals surface area contributed by atoms with Gasteiger partial charge in [0.15, 0.2) is 9.84 Å². The first-order chi connectivity index (χ1) is 10.4. The minimum atomic E-state index is -2.87.